The maximum atomic E-state index is 12.9. The quantitative estimate of drug-likeness (QED) is 0.920. The van der Waals surface area contributed by atoms with Gasteiger partial charge in [-0.05, 0) is 56.0 Å². The molecule has 0 spiro atoms. The van der Waals surface area contributed by atoms with Gasteiger partial charge in [-0.15, -0.1) is 0 Å². The summed E-state index contributed by atoms with van der Waals surface area (Å²) in [5, 5.41) is 12.0. The molecule has 1 fully saturated rings. The molecule has 2 aromatic rings. The van der Waals surface area contributed by atoms with Crippen molar-refractivity contribution in [2.45, 2.75) is 39.0 Å². The van der Waals surface area contributed by atoms with Gasteiger partial charge in [-0.3, -0.25) is 14.2 Å². The predicted octanol–water partition coefficient (Wildman–Crippen LogP) is 3.33. The van der Waals surface area contributed by atoms with Gasteiger partial charge in [0.2, 0.25) is 0 Å². The normalized spacial score (nSPS) is 14.6. The molecule has 5 heteroatoms. The first-order valence-corrected chi connectivity index (χ1v) is 9.11. The Bertz CT molecular complexity index is 902. The van der Waals surface area contributed by atoms with Crippen LogP contribution in [0, 0.1) is 24.2 Å². The number of aromatic nitrogens is 1. The lowest BCUT2D eigenvalue weighted by Crippen LogP contribution is -2.36. The fourth-order valence-corrected chi connectivity index (χ4v) is 3.56. The molecule has 0 unspecified atom stereocenters. The van der Waals surface area contributed by atoms with Crippen LogP contribution in [0.5, 0.6) is 0 Å². The van der Waals surface area contributed by atoms with E-state index in [4.69, 9.17) is 5.26 Å². The minimum Gasteiger partial charge on any atom is -0.352 e. The van der Waals surface area contributed by atoms with E-state index in [2.05, 4.69) is 11.4 Å². The van der Waals surface area contributed by atoms with E-state index in [1.54, 1.807) is 36.4 Å². The maximum Gasteiger partial charge on any atom is 0.268 e. The zero-order valence-electron chi connectivity index (χ0n) is 15.0. The zero-order valence-corrected chi connectivity index (χ0v) is 15.0. The van der Waals surface area contributed by atoms with Gasteiger partial charge in [0.05, 0.1) is 17.3 Å². The second kappa shape index (κ2) is 8.01. The van der Waals surface area contributed by atoms with Gasteiger partial charge in [0, 0.05) is 12.2 Å². The van der Waals surface area contributed by atoms with Gasteiger partial charge in [-0.1, -0.05) is 25.3 Å². The van der Waals surface area contributed by atoms with Crippen LogP contribution in [0.25, 0.3) is 5.69 Å². The van der Waals surface area contributed by atoms with E-state index >= 15 is 0 Å². The molecule has 1 aliphatic rings. The van der Waals surface area contributed by atoms with Crippen molar-refractivity contribution in [3.63, 3.8) is 0 Å². The summed E-state index contributed by atoms with van der Waals surface area (Å²) in [7, 11) is 0. The summed E-state index contributed by atoms with van der Waals surface area (Å²) in [5.41, 5.74) is 1.55. The van der Waals surface area contributed by atoms with Crippen molar-refractivity contribution in [2.75, 3.05) is 6.54 Å². The molecular formula is C21H23N3O2. The van der Waals surface area contributed by atoms with Crippen LogP contribution >= 0.6 is 0 Å². The summed E-state index contributed by atoms with van der Waals surface area (Å²) in [4.78, 5) is 25.5. The van der Waals surface area contributed by atoms with E-state index in [0.717, 1.165) is 12.8 Å². The van der Waals surface area contributed by atoms with Crippen LogP contribution in [0.3, 0.4) is 0 Å². The molecule has 1 aromatic heterocycles. The number of hydrogen-bond donors (Lipinski definition) is 1. The minimum absolute atomic E-state index is 0.133. The third-order valence-electron chi connectivity index (χ3n) is 5.03. The molecule has 26 heavy (non-hydrogen) atoms. The molecule has 5 nitrogen and oxygen atoms in total. The molecule has 134 valence electrons. The number of nitrogens with one attached hydrogen (secondary N) is 1. The zero-order chi connectivity index (χ0) is 18.5. The number of benzene rings is 1. The highest BCUT2D eigenvalue weighted by Crippen LogP contribution is 2.22. The van der Waals surface area contributed by atoms with Crippen LogP contribution in [0.4, 0.5) is 0 Å². The number of carbonyl (C=O) groups excluding carboxylic acids is 1. The average Bonchev–Trinajstić information content (AvgIpc) is 2.67. The van der Waals surface area contributed by atoms with Crippen molar-refractivity contribution in [3.05, 3.63) is 63.6 Å². The average molecular weight is 349 g/mol. The second-order valence-electron chi connectivity index (χ2n) is 6.91. The number of carbonyl (C=O) groups is 1. The molecule has 1 aliphatic carbocycles. The lowest BCUT2D eigenvalue weighted by Gasteiger charge is -2.21. The van der Waals surface area contributed by atoms with E-state index < -0.39 is 0 Å². The lowest BCUT2D eigenvalue weighted by molar-refractivity contribution is 0.0941. The van der Waals surface area contributed by atoms with E-state index in [1.165, 1.54) is 23.8 Å². The smallest absolute Gasteiger partial charge is 0.268 e. The summed E-state index contributed by atoms with van der Waals surface area (Å²) in [6, 6.07) is 12.2. The second-order valence-corrected chi connectivity index (χ2v) is 6.91. The van der Waals surface area contributed by atoms with E-state index in [-0.39, 0.29) is 17.0 Å². The van der Waals surface area contributed by atoms with Crippen molar-refractivity contribution in [2.24, 2.45) is 5.92 Å². The number of amides is 1. The van der Waals surface area contributed by atoms with Crippen molar-refractivity contribution >= 4 is 5.91 Å². The highest BCUT2D eigenvalue weighted by atomic mass is 16.2. The Morgan fingerprint density at radius 3 is 2.73 bits per heavy atom. The van der Waals surface area contributed by atoms with Gasteiger partial charge in [-0.25, -0.2) is 0 Å². The molecule has 1 amide bonds. The van der Waals surface area contributed by atoms with Crippen molar-refractivity contribution < 1.29 is 4.79 Å². The number of nitrogens with zero attached hydrogens (tertiary/aromatic N) is 2. The summed E-state index contributed by atoms with van der Waals surface area (Å²) < 4.78 is 1.48. The molecule has 1 heterocycles. The van der Waals surface area contributed by atoms with Crippen LogP contribution in [0.2, 0.25) is 0 Å². The number of pyridine rings is 1. The highest BCUT2D eigenvalue weighted by Gasteiger charge is 2.18. The van der Waals surface area contributed by atoms with Crippen molar-refractivity contribution in [1.29, 1.82) is 5.26 Å². The van der Waals surface area contributed by atoms with Crippen LogP contribution in [-0.4, -0.2) is 17.0 Å². The van der Waals surface area contributed by atoms with Gasteiger partial charge in [-0.2, -0.15) is 5.26 Å². The van der Waals surface area contributed by atoms with Gasteiger partial charge >= 0.3 is 0 Å². The Labute approximate surface area is 153 Å². The van der Waals surface area contributed by atoms with E-state index in [1.807, 2.05) is 6.92 Å². The Morgan fingerprint density at radius 1 is 1.23 bits per heavy atom. The molecule has 0 atom stereocenters. The van der Waals surface area contributed by atoms with E-state index in [9.17, 15) is 9.59 Å². The topological polar surface area (TPSA) is 74.9 Å². The Hall–Kier alpha value is -2.87. The maximum absolute atomic E-state index is 12.9. The Morgan fingerprint density at radius 2 is 2.00 bits per heavy atom. The van der Waals surface area contributed by atoms with Crippen LogP contribution in [0.15, 0.2) is 41.2 Å². The molecule has 0 radical (unpaired) electrons. The first kappa shape index (κ1) is 17.9. The molecule has 3 rings (SSSR count). The van der Waals surface area contributed by atoms with Crippen LogP contribution in [0.1, 0.15) is 53.7 Å². The standard InChI is InChI=1S/C21H23N3O2/c1-15-10-11-19(20(25)23-14-16-6-3-2-4-7-16)21(26)24(15)18-9-5-8-17(12-18)13-22/h5,8-12,16H,2-4,6-7,14H2,1H3,(H,23,25). The molecule has 0 bridgehead atoms. The molecule has 0 aliphatic heterocycles. The van der Waals surface area contributed by atoms with Crippen molar-refractivity contribution in [3.8, 4) is 11.8 Å². The highest BCUT2D eigenvalue weighted by molar-refractivity contribution is 5.93. The number of hydrogen-bond acceptors (Lipinski definition) is 3. The summed E-state index contributed by atoms with van der Waals surface area (Å²) in [6.45, 7) is 2.43. The van der Waals surface area contributed by atoms with Gasteiger partial charge in [0.25, 0.3) is 11.5 Å². The first-order valence-electron chi connectivity index (χ1n) is 9.11. The monoisotopic (exact) mass is 349 g/mol. The fraction of sp³-hybridized carbons (Fsp3) is 0.381. The predicted molar refractivity (Wildman–Crippen MR) is 100 cm³/mol. The minimum atomic E-state index is -0.360. The third kappa shape index (κ3) is 3.85. The van der Waals surface area contributed by atoms with Gasteiger partial charge in [0.15, 0.2) is 0 Å². The Balaban J connectivity index is 1.86. The number of aryl methyl sites for hydroxylation is 1. The summed E-state index contributed by atoms with van der Waals surface area (Å²) in [6.07, 6.45) is 5.98. The Kier molecular flexibility index (Phi) is 5.52. The molecular weight excluding hydrogens is 326 g/mol. The summed E-state index contributed by atoms with van der Waals surface area (Å²) in [5.74, 6) is 0.179. The molecule has 1 N–H and O–H groups in total. The van der Waals surface area contributed by atoms with Crippen LogP contribution in [-0.2, 0) is 0 Å². The molecule has 0 saturated heterocycles. The summed E-state index contributed by atoms with van der Waals surface area (Å²) >= 11 is 0. The number of rotatable bonds is 4. The van der Waals surface area contributed by atoms with Gasteiger partial charge < -0.3 is 5.32 Å². The molecule has 1 saturated carbocycles. The van der Waals surface area contributed by atoms with Crippen LogP contribution < -0.4 is 10.9 Å². The third-order valence-corrected chi connectivity index (χ3v) is 5.03. The van der Waals surface area contributed by atoms with E-state index in [0.29, 0.717) is 29.4 Å². The largest absolute Gasteiger partial charge is 0.352 e. The number of nitriles is 1. The SMILES string of the molecule is Cc1ccc(C(=O)NCC2CCCCC2)c(=O)n1-c1cccc(C#N)c1. The first-order chi connectivity index (χ1) is 12.6. The lowest BCUT2D eigenvalue weighted by atomic mass is 9.89. The fourth-order valence-electron chi connectivity index (χ4n) is 3.56. The molecule has 1 aromatic carbocycles. The van der Waals surface area contributed by atoms with Crippen molar-refractivity contribution in [1.82, 2.24) is 9.88 Å². The van der Waals surface area contributed by atoms with Gasteiger partial charge in [0.1, 0.15) is 5.56 Å².